The van der Waals surface area contributed by atoms with Crippen LogP contribution in [0.5, 0.6) is 5.75 Å². The average molecular weight is 323 g/mol. The fourth-order valence-electron chi connectivity index (χ4n) is 2.33. The normalized spacial score (nSPS) is 10.0. The maximum atomic E-state index is 5.78. The van der Waals surface area contributed by atoms with Crippen LogP contribution >= 0.6 is 0 Å². The molecule has 1 heterocycles. The van der Waals surface area contributed by atoms with Crippen molar-refractivity contribution in [3.8, 4) is 17.2 Å². The van der Waals surface area contributed by atoms with Crippen molar-refractivity contribution in [1.82, 2.24) is 4.98 Å². The van der Waals surface area contributed by atoms with Crippen LogP contribution in [0, 0.1) is 13.8 Å². The molecule has 3 rings (SSSR count). The van der Waals surface area contributed by atoms with Crippen molar-refractivity contribution in [2.24, 2.45) is 0 Å². The van der Waals surface area contributed by atoms with E-state index in [2.05, 4.69) is 18.0 Å². The van der Waals surface area contributed by atoms with E-state index in [1.165, 1.54) is 5.56 Å². The van der Waals surface area contributed by atoms with Crippen LogP contribution in [-0.2, 0) is 6.42 Å². The molecule has 0 fully saturated rings. The number of aryl methyl sites for hydroxylation is 2. The fourth-order valence-corrected chi connectivity index (χ4v) is 2.33. The molecule has 0 atom stereocenters. The monoisotopic (exact) mass is 323 g/mol. The van der Waals surface area contributed by atoms with Gasteiger partial charge in [-0.25, -0.2) is 4.98 Å². The molecular weight excluding hydrogens is 298 g/mol. The van der Waals surface area contributed by atoms with Gasteiger partial charge in [0.1, 0.15) is 11.5 Å². The van der Waals surface area contributed by atoms with Crippen molar-refractivity contribution in [3.63, 3.8) is 0 Å². The summed E-state index contributed by atoms with van der Waals surface area (Å²) in [5, 5.41) is 0. The van der Waals surface area contributed by atoms with Gasteiger partial charge in [-0.15, -0.1) is 0 Å². The molecule has 3 aromatic rings. The standard InChI is InChI=1S/C19H19NO2.C2H6/c1-14-7-6-10-17(13-14)21-12-11-18-15(2)22-19(20-18)16-8-4-3-5-9-16;1-2/h3-10,13H,11-12H2,1-2H3;1-2H3. The Morgan fingerprint density at radius 2 is 1.71 bits per heavy atom. The summed E-state index contributed by atoms with van der Waals surface area (Å²) in [4.78, 5) is 4.58. The predicted molar refractivity (Wildman–Crippen MR) is 98.4 cm³/mol. The summed E-state index contributed by atoms with van der Waals surface area (Å²) in [5.74, 6) is 2.42. The summed E-state index contributed by atoms with van der Waals surface area (Å²) in [5.41, 5.74) is 3.14. The summed E-state index contributed by atoms with van der Waals surface area (Å²) in [6.07, 6.45) is 0.732. The largest absolute Gasteiger partial charge is 0.493 e. The van der Waals surface area contributed by atoms with Gasteiger partial charge in [-0.1, -0.05) is 44.2 Å². The Morgan fingerprint density at radius 1 is 0.958 bits per heavy atom. The first-order valence-corrected chi connectivity index (χ1v) is 8.43. The van der Waals surface area contributed by atoms with E-state index >= 15 is 0 Å². The molecule has 0 radical (unpaired) electrons. The van der Waals surface area contributed by atoms with Gasteiger partial charge in [-0.3, -0.25) is 0 Å². The third-order valence-electron chi connectivity index (χ3n) is 3.51. The molecular formula is C21H25NO2. The van der Waals surface area contributed by atoms with Gasteiger partial charge in [-0.2, -0.15) is 0 Å². The highest BCUT2D eigenvalue weighted by Gasteiger charge is 2.11. The third-order valence-corrected chi connectivity index (χ3v) is 3.51. The summed E-state index contributed by atoms with van der Waals surface area (Å²) >= 11 is 0. The van der Waals surface area contributed by atoms with E-state index < -0.39 is 0 Å². The van der Waals surface area contributed by atoms with Crippen LogP contribution in [0.2, 0.25) is 0 Å². The highest BCUT2D eigenvalue weighted by molar-refractivity contribution is 5.53. The van der Waals surface area contributed by atoms with E-state index in [9.17, 15) is 0 Å². The molecule has 0 bridgehead atoms. The van der Waals surface area contributed by atoms with Crippen molar-refractivity contribution in [3.05, 3.63) is 71.6 Å². The molecule has 0 saturated heterocycles. The SMILES string of the molecule is CC.Cc1cccc(OCCc2nc(-c3ccccc3)oc2C)c1. The van der Waals surface area contributed by atoms with Crippen LogP contribution < -0.4 is 4.74 Å². The Labute approximate surface area is 144 Å². The first-order valence-electron chi connectivity index (χ1n) is 8.43. The lowest BCUT2D eigenvalue weighted by atomic mass is 10.2. The number of hydrogen-bond donors (Lipinski definition) is 0. The van der Waals surface area contributed by atoms with Crippen LogP contribution in [0.4, 0.5) is 0 Å². The number of nitrogens with zero attached hydrogens (tertiary/aromatic N) is 1. The number of oxazole rings is 1. The van der Waals surface area contributed by atoms with Crippen LogP contribution in [0.1, 0.15) is 30.9 Å². The van der Waals surface area contributed by atoms with Crippen LogP contribution in [0.15, 0.2) is 59.0 Å². The lowest BCUT2D eigenvalue weighted by molar-refractivity contribution is 0.319. The van der Waals surface area contributed by atoms with Gasteiger partial charge in [0.05, 0.1) is 12.3 Å². The van der Waals surface area contributed by atoms with Crippen molar-refractivity contribution in [2.75, 3.05) is 6.61 Å². The molecule has 24 heavy (non-hydrogen) atoms. The Kier molecular flexibility index (Phi) is 6.62. The molecule has 0 aliphatic rings. The molecule has 3 nitrogen and oxygen atoms in total. The quantitative estimate of drug-likeness (QED) is 0.612. The third kappa shape index (κ3) is 4.72. The van der Waals surface area contributed by atoms with E-state index in [0.29, 0.717) is 12.5 Å². The lowest BCUT2D eigenvalue weighted by Gasteiger charge is -2.05. The second-order valence-corrected chi connectivity index (χ2v) is 5.30. The lowest BCUT2D eigenvalue weighted by Crippen LogP contribution is -2.02. The zero-order valence-electron chi connectivity index (χ0n) is 14.9. The minimum Gasteiger partial charge on any atom is -0.493 e. The number of benzene rings is 2. The number of aromatic nitrogens is 1. The van der Waals surface area contributed by atoms with Crippen LogP contribution in [0.25, 0.3) is 11.5 Å². The summed E-state index contributed by atoms with van der Waals surface area (Å²) < 4.78 is 11.5. The van der Waals surface area contributed by atoms with Crippen LogP contribution in [0.3, 0.4) is 0 Å². The van der Waals surface area contributed by atoms with E-state index in [4.69, 9.17) is 9.15 Å². The van der Waals surface area contributed by atoms with Crippen molar-refractivity contribution in [2.45, 2.75) is 34.1 Å². The first-order chi connectivity index (χ1) is 11.7. The van der Waals surface area contributed by atoms with Gasteiger partial charge in [0.2, 0.25) is 5.89 Å². The van der Waals surface area contributed by atoms with Gasteiger partial charge in [-0.05, 0) is 43.7 Å². The summed E-state index contributed by atoms with van der Waals surface area (Å²) in [7, 11) is 0. The second kappa shape index (κ2) is 8.92. The van der Waals surface area contributed by atoms with E-state index in [0.717, 1.165) is 29.2 Å². The minimum atomic E-state index is 0.588. The molecule has 3 heteroatoms. The number of hydrogen-bond acceptors (Lipinski definition) is 3. The molecule has 0 aliphatic heterocycles. The Morgan fingerprint density at radius 3 is 2.42 bits per heavy atom. The summed E-state index contributed by atoms with van der Waals surface area (Å²) in [6, 6.07) is 18.0. The van der Waals surface area contributed by atoms with Crippen molar-refractivity contribution < 1.29 is 9.15 Å². The maximum absolute atomic E-state index is 5.78. The highest BCUT2D eigenvalue weighted by atomic mass is 16.5. The Hall–Kier alpha value is -2.55. The molecule has 0 saturated carbocycles. The number of rotatable bonds is 5. The van der Waals surface area contributed by atoms with Crippen LogP contribution in [-0.4, -0.2) is 11.6 Å². The zero-order valence-corrected chi connectivity index (χ0v) is 14.9. The van der Waals surface area contributed by atoms with E-state index in [1.54, 1.807) is 0 Å². The number of ether oxygens (including phenoxy) is 1. The maximum Gasteiger partial charge on any atom is 0.226 e. The topological polar surface area (TPSA) is 35.3 Å². The van der Waals surface area contributed by atoms with E-state index in [1.807, 2.05) is 69.3 Å². The minimum absolute atomic E-state index is 0.588. The molecule has 0 unspecified atom stereocenters. The molecule has 0 aliphatic carbocycles. The Balaban J connectivity index is 0.00000100. The molecule has 0 spiro atoms. The molecule has 0 amide bonds. The summed E-state index contributed by atoms with van der Waals surface area (Å²) in [6.45, 7) is 8.59. The van der Waals surface area contributed by atoms with Crippen molar-refractivity contribution in [1.29, 1.82) is 0 Å². The second-order valence-electron chi connectivity index (χ2n) is 5.30. The Bertz CT molecular complexity index is 748. The first kappa shape index (κ1) is 17.8. The highest BCUT2D eigenvalue weighted by Crippen LogP contribution is 2.22. The van der Waals surface area contributed by atoms with E-state index in [-0.39, 0.29) is 0 Å². The molecule has 2 aromatic carbocycles. The van der Waals surface area contributed by atoms with Gasteiger partial charge < -0.3 is 9.15 Å². The average Bonchev–Trinajstić information content (AvgIpc) is 2.99. The van der Waals surface area contributed by atoms with Crippen molar-refractivity contribution >= 4 is 0 Å². The molecule has 0 N–H and O–H groups in total. The molecule has 1 aromatic heterocycles. The molecule has 126 valence electrons. The van der Waals surface area contributed by atoms with Gasteiger partial charge in [0.15, 0.2) is 0 Å². The van der Waals surface area contributed by atoms with Gasteiger partial charge in [0, 0.05) is 12.0 Å². The predicted octanol–water partition coefficient (Wildman–Crippen LogP) is 5.61. The zero-order chi connectivity index (χ0) is 17.4. The van der Waals surface area contributed by atoms with Gasteiger partial charge in [0.25, 0.3) is 0 Å². The smallest absolute Gasteiger partial charge is 0.226 e. The van der Waals surface area contributed by atoms with Gasteiger partial charge >= 0.3 is 0 Å². The fraction of sp³-hybridized carbons (Fsp3) is 0.286.